The standard InChI is InChI=1S/C24H26ClN3O6.CH3Cl/c1-26(15-21(30)31)22(32)17-8-7-13-28(14-17)16-34-23(33)27(2)24(12-6-5-11-20(24)29)18-9-3-4-10-19(18)25;1-2/h3-4,7-10,13-14H,5-6,11-12,15-16H2,1-2H3;1H3/p+1. The highest BCUT2D eigenvalue weighted by Crippen LogP contribution is 2.42. The lowest BCUT2D eigenvalue weighted by Crippen LogP contribution is -2.55. The van der Waals surface area contributed by atoms with Gasteiger partial charge in [-0.25, -0.2) is 4.79 Å². The average molecular weight is 539 g/mol. The number of pyridine rings is 1. The van der Waals surface area contributed by atoms with Gasteiger partial charge in [0.25, 0.3) is 12.6 Å². The summed E-state index contributed by atoms with van der Waals surface area (Å²) in [5.41, 5.74) is -0.399. The van der Waals surface area contributed by atoms with Crippen LogP contribution in [0.15, 0.2) is 48.8 Å². The largest absolute Gasteiger partial charge is 0.480 e. The molecule has 36 heavy (non-hydrogen) atoms. The van der Waals surface area contributed by atoms with Gasteiger partial charge in [-0.05, 0) is 31.4 Å². The predicted octanol–water partition coefficient (Wildman–Crippen LogP) is 3.70. The second-order valence-electron chi connectivity index (χ2n) is 8.23. The molecule has 1 heterocycles. The van der Waals surface area contributed by atoms with Gasteiger partial charge in [-0.15, -0.1) is 11.6 Å². The van der Waals surface area contributed by atoms with Gasteiger partial charge in [-0.3, -0.25) is 19.3 Å². The topological polar surface area (TPSA) is 108 Å². The fourth-order valence-corrected chi connectivity index (χ4v) is 4.53. The number of carbonyl (C=O) groups excluding carboxylic acids is 3. The van der Waals surface area contributed by atoms with Gasteiger partial charge >= 0.3 is 12.1 Å². The molecule has 1 aliphatic carbocycles. The summed E-state index contributed by atoms with van der Waals surface area (Å²) in [4.78, 5) is 51.9. The summed E-state index contributed by atoms with van der Waals surface area (Å²) in [5, 5.41) is 9.29. The Morgan fingerprint density at radius 1 is 1.11 bits per heavy atom. The van der Waals surface area contributed by atoms with Crippen LogP contribution in [-0.4, -0.2) is 65.7 Å². The maximum absolute atomic E-state index is 13.2. The van der Waals surface area contributed by atoms with E-state index in [1.165, 1.54) is 42.2 Å². The number of alkyl halides is 1. The Hall–Kier alpha value is -3.17. The molecule has 1 unspecified atom stereocenters. The van der Waals surface area contributed by atoms with Gasteiger partial charge in [0.05, 0.1) is 0 Å². The Labute approximate surface area is 220 Å². The molecule has 11 heteroatoms. The number of benzene rings is 1. The lowest BCUT2D eigenvalue weighted by atomic mass is 9.74. The Bertz CT molecular complexity index is 1110. The molecule has 0 radical (unpaired) electrons. The van der Waals surface area contributed by atoms with Crippen LogP contribution in [0.1, 0.15) is 41.6 Å². The minimum absolute atomic E-state index is 0.0898. The van der Waals surface area contributed by atoms with Crippen molar-refractivity contribution in [1.82, 2.24) is 9.80 Å². The van der Waals surface area contributed by atoms with Crippen molar-refractivity contribution in [2.75, 3.05) is 27.0 Å². The van der Waals surface area contributed by atoms with Crippen LogP contribution in [0.25, 0.3) is 0 Å². The van der Waals surface area contributed by atoms with Crippen molar-refractivity contribution in [2.45, 2.75) is 38.0 Å². The molecule has 1 saturated carbocycles. The summed E-state index contributed by atoms with van der Waals surface area (Å²) in [5.74, 6) is -1.69. The van der Waals surface area contributed by atoms with Crippen LogP contribution in [0.5, 0.6) is 0 Å². The van der Waals surface area contributed by atoms with Gasteiger partial charge in [-0.2, -0.15) is 4.57 Å². The number of carboxylic acids is 1. The van der Waals surface area contributed by atoms with Gasteiger partial charge in [0.15, 0.2) is 18.2 Å². The minimum atomic E-state index is -1.21. The smallest absolute Gasteiger partial charge is 0.415 e. The SMILES string of the molecule is CCl.CN(CC(=O)O)C(=O)c1ccc[n+](COC(=O)N(C)C2(c3ccccc3Cl)CCCCC2=O)c1. The number of carboxylic acid groups (broad SMARTS) is 1. The molecule has 0 bridgehead atoms. The molecular weight excluding hydrogens is 509 g/mol. The van der Waals surface area contributed by atoms with Crippen molar-refractivity contribution in [2.24, 2.45) is 0 Å². The summed E-state index contributed by atoms with van der Waals surface area (Å²) >= 11 is 11.1. The van der Waals surface area contributed by atoms with E-state index >= 15 is 0 Å². The van der Waals surface area contributed by atoms with Crippen LogP contribution in [0.4, 0.5) is 4.79 Å². The van der Waals surface area contributed by atoms with Crippen molar-refractivity contribution in [3.05, 3.63) is 64.9 Å². The number of amides is 2. The summed E-state index contributed by atoms with van der Waals surface area (Å²) < 4.78 is 6.96. The molecule has 3 rings (SSSR count). The van der Waals surface area contributed by atoms with E-state index in [-0.39, 0.29) is 18.1 Å². The fourth-order valence-electron chi connectivity index (χ4n) is 4.24. The average Bonchev–Trinajstić information content (AvgIpc) is 2.88. The highest BCUT2D eigenvalue weighted by molar-refractivity contribution is 6.31. The molecule has 2 aromatic rings. The van der Waals surface area contributed by atoms with Gasteiger partial charge < -0.3 is 14.7 Å². The lowest BCUT2D eigenvalue weighted by molar-refractivity contribution is -0.727. The number of carbonyl (C=O) groups is 4. The van der Waals surface area contributed by atoms with Gasteiger partial charge in [0, 0.05) is 43.6 Å². The first-order valence-electron chi connectivity index (χ1n) is 11.2. The Morgan fingerprint density at radius 3 is 2.44 bits per heavy atom. The number of ether oxygens (including phenoxy) is 1. The van der Waals surface area contributed by atoms with Crippen LogP contribution in [0.3, 0.4) is 0 Å². The summed E-state index contributed by atoms with van der Waals surface area (Å²) in [7, 11) is 2.92. The van der Waals surface area contributed by atoms with Crippen molar-refractivity contribution < 1.29 is 33.6 Å². The third kappa shape index (κ3) is 6.53. The zero-order chi connectivity index (χ0) is 26.9. The third-order valence-electron chi connectivity index (χ3n) is 5.98. The number of ketones is 1. The molecule has 0 aliphatic heterocycles. The van der Waals surface area contributed by atoms with E-state index in [0.717, 1.165) is 17.7 Å². The normalized spacial score (nSPS) is 16.9. The van der Waals surface area contributed by atoms with E-state index in [2.05, 4.69) is 11.6 Å². The molecule has 194 valence electrons. The van der Waals surface area contributed by atoms with Gasteiger partial charge in [0.2, 0.25) is 0 Å². The van der Waals surface area contributed by atoms with Crippen molar-refractivity contribution in [3.63, 3.8) is 0 Å². The van der Waals surface area contributed by atoms with E-state index in [4.69, 9.17) is 21.4 Å². The second-order valence-corrected chi connectivity index (χ2v) is 8.64. The molecule has 1 aliphatic rings. The number of halogens is 2. The number of nitrogens with zero attached hydrogens (tertiary/aromatic N) is 3. The van der Waals surface area contributed by atoms with E-state index in [0.29, 0.717) is 23.4 Å². The Balaban J connectivity index is 0.00000222. The number of hydrogen-bond acceptors (Lipinski definition) is 5. The van der Waals surface area contributed by atoms with Gasteiger partial charge in [0.1, 0.15) is 17.6 Å². The molecule has 1 aromatic carbocycles. The lowest BCUT2D eigenvalue weighted by Gasteiger charge is -2.43. The van der Waals surface area contributed by atoms with E-state index < -0.39 is 30.1 Å². The maximum Gasteiger partial charge on any atom is 0.415 e. The van der Waals surface area contributed by atoms with Gasteiger partial charge in [-0.1, -0.05) is 29.8 Å². The van der Waals surface area contributed by atoms with Crippen LogP contribution in [-0.2, 0) is 26.6 Å². The summed E-state index contributed by atoms with van der Waals surface area (Å²) in [6, 6.07) is 10.1. The highest BCUT2D eigenvalue weighted by Gasteiger charge is 2.48. The number of hydrogen-bond donors (Lipinski definition) is 1. The number of likely N-dealkylation sites (N-methyl/N-ethyl adjacent to an activating group) is 2. The molecule has 0 spiro atoms. The van der Waals surface area contributed by atoms with Crippen LogP contribution in [0, 0.1) is 0 Å². The molecule has 1 atom stereocenters. The summed E-state index contributed by atoms with van der Waals surface area (Å²) in [6.45, 7) is -0.647. The molecule has 9 nitrogen and oxygen atoms in total. The first-order chi connectivity index (χ1) is 17.2. The quantitative estimate of drug-likeness (QED) is 0.425. The van der Waals surface area contributed by atoms with Crippen molar-refractivity contribution >= 4 is 47.0 Å². The van der Waals surface area contributed by atoms with Crippen LogP contribution < -0.4 is 4.57 Å². The molecule has 1 fully saturated rings. The van der Waals surface area contributed by atoms with Crippen LogP contribution >= 0.6 is 23.2 Å². The molecule has 0 saturated heterocycles. The van der Waals surface area contributed by atoms with E-state index in [9.17, 15) is 19.2 Å². The van der Waals surface area contributed by atoms with Crippen LogP contribution in [0.2, 0.25) is 5.02 Å². The third-order valence-corrected chi connectivity index (χ3v) is 6.31. The van der Waals surface area contributed by atoms with Crippen molar-refractivity contribution in [3.8, 4) is 0 Å². The second kappa shape index (κ2) is 13.2. The minimum Gasteiger partial charge on any atom is -0.480 e. The molecular formula is C25H30Cl2N3O6+. The first kappa shape index (κ1) is 29.1. The number of rotatable bonds is 7. The Kier molecular flexibility index (Phi) is 10.7. The number of Topliss-reactive ketones (excluding diaryl/α,β-unsaturated/α-hetero) is 1. The number of aromatic nitrogens is 1. The Morgan fingerprint density at radius 2 is 1.81 bits per heavy atom. The zero-order valence-electron chi connectivity index (χ0n) is 20.4. The molecule has 1 aromatic heterocycles. The maximum atomic E-state index is 13.2. The zero-order valence-corrected chi connectivity index (χ0v) is 22.0. The monoisotopic (exact) mass is 538 g/mol. The molecule has 2 amide bonds. The fraction of sp³-hybridized carbons (Fsp3) is 0.400. The highest BCUT2D eigenvalue weighted by atomic mass is 35.5. The van der Waals surface area contributed by atoms with E-state index in [1.807, 2.05) is 0 Å². The molecule has 1 N–H and O–H groups in total. The van der Waals surface area contributed by atoms with E-state index in [1.54, 1.807) is 36.5 Å². The first-order valence-corrected chi connectivity index (χ1v) is 12.3. The number of aliphatic carboxylic acids is 1. The summed E-state index contributed by atoms with van der Waals surface area (Å²) in [6.07, 6.45) is 6.13. The predicted molar refractivity (Wildman–Crippen MR) is 134 cm³/mol. The van der Waals surface area contributed by atoms with Crippen molar-refractivity contribution in [1.29, 1.82) is 0 Å².